The second kappa shape index (κ2) is 6.09. The van der Waals surface area contributed by atoms with Crippen molar-refractivity contribution in [1.29, 1.82) is 0 Å². The number of amides is 1. The number of carbonyl (C=O) groups is 1. The van der Waals surface area contributed by atoms with E-state index in [4.69, 9.17) is 0 Å². The molecule has 4 aliphatic carbocycles. The van der Waals surface area contributed by atoms with Crippen LogP contribution in [0, 0.1) is 30.1 Å². The largest absolute Gasteiger partial charge is 0.277 e. The van der Waals surface area contributed by atoms with Gasteiger partial charge in [0, 0.05) is 0 Å². The minimum atomic E-state index is -3.74. The molecule has 2 N–H and O–H groups in total. The number of hydrogen-bond donors (Lipinski definition) is 2. The smallest absolute Gasteiger partial charge is 0.257 e. The van der Waals surface area contributed by atoms with Crippen LogP contribution in [0.15, 0.2) is 29.2 Å². The lowest BCUT2D eigenvalue weighted by Crippen LogP contribution is -2.51. The van der Waals surface area contributed by atoms with Crippen molar-refractivity contribution in [2.24, 2.45) is 23.2 Å². The van der Waals surface area contributed by atoms with Gasteiger partial charge < -0.3 is 0 Å². The summed E-state index contributed by atoms with van der Waals surface area (Å²) >= 11 is 0. The van der Waals surface area contributed by atoms with Gasteiger partial charge in [-0.3, -0.25) is 10.2 Å². The van der Waals surface area contributed by atoms with Crippen LogP contribution in [-0.2, 0) is 14.8 Å². The van der Waals surface area contributed by atoms with E-state index in [-0.39, 0.29) is 16.2 Å². The summed E-state index contributed by atoms with van der Waals surface area (Å²) in [5.41, 5.74) is 3.15. The summed E-state index contributed by atoms with van der Waals surface area (Å²) in [7, 11) is -3.74. The van der Waals surface area contributed by atoms with E-state index >= 15 is 0 Å². The van der Waals surface area contributed by atoms with Crippen molar-refractivity contribution in [3.8, 4) is 0 Å². The molecule has 0 heterocycles. The molecule has 0 radical (unpaired) electrons. The molecule has 4 fully saturated rings. The van der Waals surface area contributed by atoms with Gasteiger partial charge in [-0.25, -0.2) is 8.42 Å². The van der Waals surface area contributed by atoms with Gasteiger partial charge in [-0.05, 0) is 81.8 Å². The van der Waals surface area contributed by atoms with Crippen LogP contribution in [0.1, 0.15) is 50.5 Å². The number of fused-ring (bicyclic) bond motifs is 1. The maximum atomic E-state index is 12.9. The summed E-state index contributed by atoms with van der Waals surface area (Å²) in [6.45, 7) is 1.90. The van der Waals surface area contributed by atoms with Gasteiger partial charge in [0.2, 0.25) is 5.91 Å². The number of hydrogen-bond acceptors (Lipinski definition) is 3. The van der Waals surface area contributed by atoms with Crippen LogP contribution in [-0.4, -0.2) is 14.3 Å². The average molecular weight is 362 g/mol. The Hall–Kier alpha value is -1.40. The van der Waals surface area contributed by atoms with E-state index < -0.39 is 10.0 Å². The van der Waals surface area contributed by atoms with Crippen LogP contribution < -0.4 is 10.3 Å². The van der Waals surface area contributed by atoms with Gasteiger partial charge in [0.25, 0.3) is 10.0 Å². The third-order valence-corrected chi connectivity index (χ3v) is 7.77. The molecule has 4 aliphatic rings. The summed E-state index contributed by atoms with van der Waals surface area (Å²) in [5, 5.41) is 0. The number of nitrogens with one attached hydrogen (secondary N) is 2. The molecule has 4 bridgehead atoms. The van der Waals surface area contributed by atoms with E-state index in [1.54, 1.807) is 24.3 Å². The van der Waals surface area contributed by atoms with Crippen molar-refractivity contribution in [3.05, 3.63) is 29.8 Å². The van der Waals surface area contributed by atoms with Crippen molar-refractivity contribution >= 4 is 15.9 Å². The third-order valence-electron chi connectivity index (χ3n) is 6.50. The molecule has 1 amide bonds. The normalized spacial score (nSPS) is 33.9. The fraction of sp³-hybridized carbons (Fsp3) is 0.632. The molecule has 5 nitrogen and oxygen atoms in total. The first-order chi connectivity index (χ1) is 11.9. The SMILES string of the molecule is Cc1ccc(S(=O)(=O)NNC(=O)C23CCC4C[C@H](C[C@H](C4)C2)C3)cc1. The molecule has 0 spiro atoms. The first-order valence-electron chi connectivity index (χ1n) is 9.25. The van der Waals surface area contributed by atoms with Gasteiger partial charge in [-0.2, -0.15) is 0 Å². The van der Waals surface area contributed by atoms with Gasteiger partial charge in [0.1, 0.15) is 0 Å². The van der Waals surface area contributed by atoms with Crippen LogP contribution in [0.2, 0.25) is 0 Å². The summed E-state index contributed by atoms with van der Waals surface area (Å²) in [6.07, 6.45) is 7.58. The average Bonchev–Trinajstić information content (AvgIpc) is 2.78. The van der Waals surface area contributed by atoms with E-state index in [0.29, 0.717) is 11.8 Å². The lowest BCUT2D eigenvalue weighted by atomic mass is 9.61. The molecule has 0 aromatic heterocycles. The van der Waals surface area contributed by atoms with Crippen molar-refractivity contribution in [1.82, 2.24) is 10.3 Å². The van der Waals surface area contributed by atoms with Crippen LogP contribution in [0.25, 0.3) is 0 Å². The predicted molar refractivity (Wildman–Crippen MR) is 94.9 cm³/mol. The predicted octanol–water partition coefficient (Wildman–Crippen LogP) is 2.91. The Bertz CT molecular complexity index is 758. The molecule has 0 aliphatic heterocycles. The maximum absolute atomic E-state index is 12.9. The zero-order chi connectivity index (χ0) is 17.7. The lowest BCUT2D eigenvalue weighted by Gasteiger charge is -2.44. The highest BCUT2D eigenvalue weighted by Gasteiger charge is 2.51. The van der Waals surface area contributed by atoms with Crippen molar-refractivity contribution in [3.63, 3.8) is 0 Å². The molecule has 4 saturated carbocycles. The Kier molecular flexibility index (Phi) is 4.15. The molecule has 0 saturated heterocycles. The monoisotopic (exact) mass is 362 g/mol. The summed E-state index contributed by atoms with van der Waals surface area (Å²) in [5.74, 6) is 1.91. The second-order valence-corrected chi connectivity index (χ2v) is 10.1. The highest BCUT2D eigenvalue weighted by Crippen LogP contribution is 2.57. The van der Waals surface area contributed by atoms with Crippen LogP contribution >= 0.6 is 0 Å². The Morgan fingerprint density at radius 2 is 1.64 bits per heavy atom. The highest BCUT2D eigenvalue weighted by molar-refractivity contribution is 7.89. The Balaban J connectivity index is 1.47. The zero-order valence-corrected chi connectivity index (χ0v) is 15.4. The topological polar surface area (TPSA) is 75.3 Å². The molecule has 4 atom stereocenters. The molecule has 5 rings (SSSR count). The van der Waals surface area contributed by atoms with Crippen LogP contribution in [0.3, 0.4) is 0 Å². The van der Waals surface area contributed by atoms with Crippen molar-refractivity contribution in [2.45, 2.75) is 56.8 Å². The fourth-order valence-electron chi connectivity index (χ4n) is 5.47. The van der Waals surface area contributed by atoms with E-state index in [9.17, 15) is 13.2 Å². The highest BCUT2D eigenvalue weighted by atomic mass is 32.2. The minimum Gasteiger partial charge on any atom is -0.277 e. The molecular weight excluding hydrogens is 336 g/mol. The van der Waals surface area contributed by atoms with E-state index in [2.05, 4.69) is 10.3 Å². The van der Waals surface area contributed by atoms with Gasteiger partial charge in [0.05, 0.1) is 10.3 Å². The third kappa shape index (κ3) is 3.22. The summed E-state index contributed by atoms with van der Waals surface area (Å²) in [4.78, 5) is 15.4. The van der Waals surface area contributed by atoms with Crippen molar-refractivity contribution in [2.75, 3.05) is 0 Å². The molecule has 2 unspecified atom stereocenters. The first-order valence-corrected chi connectivity index (χ1v) is 10.7. The zero-order valence-electron chi connectivity index (χ0n) is 14.6. The standard InChI is InChI=1S/C19H26N2O3S/c1-13-2-4-17(5-3-13)25(23,24)21-20-18(22)19-7-6-14-8-15(11-19)10-16(9-14)12-19/h2-5,14-16,21H,6-12H2,1H3,(H,20,22)/t14?,15-,16+,19?. The number of hydrazine groups is 1. The van der Waals surface area contributed by atoms with E-state index in [0.717, 1.165) is 37.2 Å². The minimum absolute atomic E-state index is 0.138. The number of carbonyl (C=O) groups excluding carboxylic acids is 1. The van der Waals surface area contributed by atoms with E-state index in [1.807, 2.05) is 6.92 Å². The molecule has 25 heavy (non-hydrogen) atoms. The maximum Gasteiger partial charge on any atom is 0.257 e. The number of aryl methyl sites for hydroxylation is 1. The molecule has 1 aromatic rings. The Morgan fingerprint density at radius 3 is 2.28 bits per heavy atom. The Morgan fingerprint density at radius 1 is 1.04 bits per heavy atom. The number of benzene rings is 1. The molecule has 6 heteroatoms. The van der Waals surface area contributed by atoms with Crippen LogP contribution in [0.5, 0.6) is 0 Å². The quantitative estimate of drug-likeness (QED) is 0.809. The molecule has 136 valence electrons. The molecule has 1 aromatic carbocycles. The first kappa shape index (κ1) is 17.0. The van der Waals surface area contributed by atoms with E-state index in [1.165, 1.54) is 19.3 Å². The van der Waals surface area contributed by atoms with Gasteiger partial charge in [0.15, 0.2) is 0 Å². The fourth-order valence-corrected chi connectivity index (χ4v) is 6.31. The molecular formula is C19H26N2O3S. The lowest BCUT2D eigenvalue weighted by molar-refractivity contribution is -0.136. The van der Waals surface area contributed by atoms with Crippen LogP contribution in [0.4, 0.5) is 0 Å². The second-order valence-electron chi connectivity index (χ2n) is 8.41. The van der Waals surface area contributed by atoms with Gasteiger partial charge in [-0.15, -0.1) is 4.83 Å². The number of sulfonamides is 1. The summed E-state index contributed by atoms with van der Waals surface area (Å²) in [6, 6.07) is 6.61. The Labute approximate surface area is 149 Å². The van der Waals surface area contributed by atoms with Gasteiger partial charge >= 0.3 is 0 Å². The number of rotatable bonds is 4. The van der Waals surface area contributed by atoms with Crippen molar-refractivity contribution < 1.29 is 13.2 Å². The van der Waals surface area contributed by atoms with Gasteiger partial charge in [-0.1, -0.05) is 17.7 Å². The summed E-state index contributed by atoms with van der Waals surface area (Å²) < 4.78 is 24.8.